The number of esters is 1. The summed E-state index contributed by atoms with van der Waals surface area (Å²) in [7, 11) is 0. The number of carbonyl (C=O) groups is 1. The number of halogens is 11. The predicted molar refractivity (Wildman–Crippen MR) is 71.2 cm³/mol. The molecule has 14 heteroatoms. The van der Waals surface area contributed by atoms with Crippen LogP contribution in [0.2, 0.25) is 0 Å². The fraction of sp³-hybridized carbons (Fsp3) is 0.929. The van der Waals surface area contributed by atoms with Gasteiger partial charge in [-0.1, -0.05) is 19.8 Å². The van der Waals surface area contributed by atoms with Gasteiger partial charge in [-0.15, -0.1) is 0 Å². The molecule has 0 bridgehead atoms. The molecule has 3 nitrogen and oxygen atoms in total. The molecule has 0 saturated heterocycles. The lowest BCUT2D eigenvalue weighted by Gasteiger charge is -2.35. The minimum atomic E-state index is -7.24. The lowest BCUT2D eigenvalue weighted by molar-refractivity contribution is -0.475. The average Bonchev–Trinajstić information content (AvgIpc) is 2.43. The Morgan fingerprint density at radius 1 is 0.786 bits per heavy atom. The number of ether oxygens (including phenoxy) is 2. The molecule has 28 heavy (non-hydrogen) atoms. The third kappa shape index (κ3) is 5.83. The SMILES string of the molecule is CCCCCC(C)(C)OC(=O)[C@@](F)(OC(F)(F)C(F)(F)C(F)(F)F)C(F)(F)F. The van der Waals surface area contributed by atoms with Crippen molar-refractivity contribution < 1.29 is 62.6 Å². The van der Waals surface area contributed by atoms with Crippen molar-refractivity contribution >= 4 is 5.97 Å². The Labute approximate surface area is 152 Å². The lowest BCUT2D eigenvalue weighted by Crippen LogP contribution is -2.62. The zero-order valence-electron chi connectivity index (χ0n) is 14.7. The van der Waals surface area contributed by atoms with Crippen LogP contribution in [-0.4, -0.2) is 41.8 Å². The monoisotopic (exact) mass is 442 g/mol. The first-order valence-electron chi connectivity index (χ1n) is 7.66. The average molecular weight is 442 g/mol. The van der Waals surface area contributed by atoms with Crippen LogP contribution >= 0.6 is 0 Å². The fourth-order valence-electron chi connectivity index (χ4n) is 1.79. The Balaban J connectivity index is 5.81. The summed E-state index contributed by atoms with van der Waals surface area (Å²) in [6, 6.07) is 0. The minimum Gasteiger partial charge on any atom is -0.455 e. The van der Waals surface area contributed by atoms with Gasteiger partial charge in [0, 0.05) is 0 Å². The molecule has 1 atom stereocenters. The van der Waals surface area contributed by atoms with E-state index in [1.165, 1.54) is 0 Å². The summed E-state index contributed by atoms with van der Waals surface area (Å²) in [5.74, 6) is -16.8. The van der Waals surface area contributed by atoms with Crippen molar-refractivity contribution in [2.75, 3.05) is 0 Å². The Morgan fingerprint density at radius 3 is 1.61 bits per heavy atom. The largest absolute Gasteiger partial charge is 0.462 e. The van der Waals surface area contributed by atoms with Gasteiger partial charge in [-0.2, -0.15) is 48.3 Å². The number of rotatable bonds is 9. The van der Waals surface area contributed by atoms with Crippen molar-refractivity contribution in [2.45, 2.75) is 82.3 Å². The highest BCUT2D eigenvalue weighted by Gasteiger charge is 2.80. The molecule has 0 aliphatic heterocycles. The van der Waals surface area contributed by atoms with Crippen LogP contribution in [0.15, 0.2) is 0 Å². The van der Waals surface area contributed by atoms with Crippen LogP contribution in [0.1, 0.15) is 46.5 Å². The van der Waals surface area contributed by atoms with Gasteiger partial charge in [0.05, 0.1) is 0 Å². The second kappa shape index (κ2) is 8.19. The van der Waals surface area contributed by atoms with E-state index >= 15 is 0 Å². The molecule has 0 N–H and O–H groups in total. The summed E-state index contributed by atoms with van der Waals surface area (Å²) < 4.78 is 146. The molecule has 0 rings (SSSR count). The van der Waals surface area contributed by atoms with Gasteiger partial charge < -0.3 is 4.74 Å². The molecule has 0 aliphatic rings. The smallest absolute Gasteiger partial charge is 0.455 e. The topological polar surface area (TPSA) is 35.5 Å². The van der Waals surface area contributed by atoms with Gasteiger partial charge in [0.1, 0.15) is 5.60 Å². The number of alkyl halides is 11. The van der Waals surface area contributed by atoms with Crippen LogP contribution in [0.3, 0.4) is 0 Å². The lowest BCUT2D eigenvalue weighted by atomic mass is 10.0. The second-order valence-corrected chi connectivity index (χ2v) is 6.39. The van der Waals surface area contributed by atoms with Crippen LogP contribution in [-0.2, 0) is 14.3 Å². The standard InChI is InChI=1S/C14H17F11O3/c1-4-5-6-7-9(2,3)27-8(26)10(15,12(18,19)20)28-14(24,25)11(16,17)13(21,22)23/h4-7H2,1-3H3/t10-/m1/s1. The summed E-state index contributed by atoms with van der Waals surface area (Å²) >= 11 is 0. The second-order valence-electron chi connectivity index (χ2n) is 6.39. The Morgan fingerprint density at radius 2 is 1.25 bits per heavy atom. The van der Waals surface area contributed by atoms with Crippen LogP contribution in [0.5, 0.6) is 0 Å². The van der Waals surface area contributed by atoms with Crippen molar-refractivity contribution in [1.82, 2.24) is 0 Å². The molecular formula is C14H17F11O3. The zero-order valence-corrected chi connectivity index (χ0v) is 14.7. The van der Waals surface area contributed by atoms with Crippen molar-refractivity contribution in [3.8, 4) is 0 Å². The van der Waals surface area contributed by atoms with Gasteiger partial charge in [-0.05, 0) is 26.7 Å². The highest BCUT2D eigenvalue weighted by Crippen LogP contribution is 2.51. The summed E-state index contributed by atoms with van der Waals surface area (Å²) in [5.41, 5.74) is -1.89. The van der Waals surface area contributed by atoms with Crippen molar-refractivity contribution in [3.63, 3.8) is 0 Å². The van der Waals surface area contributed by atoms with E-state index in [-0.39, 0.29) is 12.8 Å². The number of unbranched alkanes of at least 4 members (excludes halogenated alkanes) is 2. The summed E-state index contributed by atoms with van der Waals surface area (Å²) in [6.45, 7) is 3.64. The highest BCUT2D eigenvalue weighted by atomic mass is 19.4. The summed E-state index contributed by atoms with van der Waals surface area (Å²) in [5, 5.41) is 0. The highest BCUT2D eigenvalue weighted by molar-refractivity contribution is 5.79. The Hall–Kier alpha value is -1.34. The molecule has 0 aromatic rings. The number of hydrogen-bond acceptors (Lipinski definition) is 3. The molecule has 0 amide bonds. The normalized spacial score (nSPS) is 16.6. The molecule has 0 heterocycles. The molecular weight excluding hydrogens is 425 g/mol. The summed E-state index contributed by atoms with van der Waals surface area (Å²) in [4.78, 5) is 11.5. The molecule has 0 aliphatic carbocycles. The van der Waals surface area contributed by atoms with Crippen molar-refractivity contribution in [2.24, 2.45) is 0 Å². The molecule has 0 radical (unpaired) electrons. The molecule has 168 valence electrons. The van der Waals surface area contributed by atoms with E-state index in [1.807, 2.05) is 0 Å². The van der Waals surface area contributed by atoms with Crippen LogP contribution in [0.4, 0.5) is 48.3 Å². The molecule has 0 saturated carbocycles. The van der Waals surface area contributed by atoms with Gasteiger partial charge in [0.15, 0.2) is 0 Å². The quantitative estimate of drug-likeness (QED) is 0.253. The zero-order chi connectivity index (χ0) is 22.8. The molecule has 0 fully saturated rings. The van der Waals surface area contributed by atoms with E-state index < -0.39 is 41.8 Å². The molecule has 0 unspecified atom stereocenters. The van der Waals surface area contributed by atoms with Gasteiger partial charge >= 0.3 is 36.2 Å². The maximum atomic E-state index is 14.0. The fourth-order valence-corrected chi connectivity index (χ4v) is 1.79. The molecule has 0 spiro atoms. The van der Waals surface area contributed by atoms with Gasteiger partial charge in [0.25, 0.3) is 0 Å². The van der Waals surface area contributed by atoms with Gasteiger partial charge in [0.2, 0.25) is 0 Å². The van der Waals surface area contributed by atoms with E-state index in [9.17, 15) is 53.1 Å². The Bertz CT molecular complexity index is 540. The molecule has 0 aromatic carbocycles. The van der Waals surface area contributed by atoms with E-state index in [0.29, 0.717) is 12.8 Å². The number of hydrogen-bond donors (Lipinski definition) is 0. The van der Waals surface area contributed by atoms with Crippen LogP contribution in [0.25, 0.3) is 0 Å². The Kier molecular flexibility index (Phi) is 7.79. The van der Waals surface area contributed by atoms with E-state index in [2.05, 4.69) is 9.47 Å². The maximum Gasteiger partial charge on any atom is 0.462 e. The third-order valence-corrected chi connectivity index (χ3v) is 3.37. The minimum absolute atomic E-state index is 0.185. The van der Waals surface area contributed by atoms with Crippen molar-refractivity contribution in [3.05, 3.63) is 0 Å². The van der Waals surface area contributed by atoms with Gasteiger partial charge in [-0.3, -0.25) is 4.74 Å². The van der Waals surface area contributed by atoms with E-state index in [0.717, 1.165) is 13.8 Å². The predicted octanol–water partition coefficient (Wildman–Crippen LogP) is 5.92. The summed E-state index contributed by atoms with van der Waals surface area (Å²) in [6.07, 6.45) is -19.8. The first kappa shape index (κ1) is 26.7. The van der Waals surface area contributed by atoms with Crippen molar-refractivity contribution in [1.29, 1.82) is 0 Å². The molecule has 0 aromatic heterocycles. The van der Waals surface area contributed by atoms with Crippen LogP contribution < -0.4 is 0 Å². The van der Waals surface area contributed by atoms with E-state index in [4.69, 9.17) is 0 Å². The first-order chi connectivity index (χ1) is 12.1. The third-order valence-electron chi connectivity index (χ3n) is 3.37. The number of carbonyl (C=O) groups excluding carboxylic acids is 1. The van der Waals surface area contributed by atoms with Crippen LogP contribution in [0, 0.1) is 0 Å². The van der Waals surface area contributed by atoms with Gasteiger partial charge in [-0.25, -0.2) is 4.79 Å². The maximum absolute atomic E-state index is 14.0. The first-order valence-corrected chi connectivity index (χ1v) is 7.66. The van der Waals surface area contributed by atoms with E-state index in [1.54, 1.807) is 6.92 Å².